The normalized spacial score (nSPS) is 12.3. The molecule has 0 saturated carbocycles. The average molecular weight is 307 g/mol. The predicted octanol–water partition coefficient (Wildman–Crippen LogP) is 3.30. The first-order chi connectivity index (χ1) is 8.63. The fourth-order valence-electron chi connectivity index (χ4n) is 1.92. The van der Waals surface area contributed by atoms with E-state index in [2.05, 4.69) is 15.9 Å². The number of aliphatic hydroxyl groups is 1. The Labute approximate surface area is 115 Å². The van der Waals surface area contributed by atoms with Gasteiger partial charge in [-0.3, -0.25) is 0 Å². The number of hydrogen-bond donors (Lipinski definition) is 2. The summed E-state index contributed by atoms with van der Waals surface area (Å²) in [5, 5.41) is 19.4. The van der Waals surface area contributed by atoms with Gasteiger partial charge in [-0.15, -0.1) is 0 Å². The fourth-order valence-corrected chi connectivity index (χ4v) is 2.18. The van der Waals surface area contributed by atoms with E-state index in [9.17, 15) is 10.2 Å². The second-order valence-corrected chi connectivity index (χ2v) is 5.27. The van der Waals surface area contributed by atoms with Gasteiger partial charge in [-0.1, -0.05) is 40.2 Å². The molecule has 1 unspecified atom stereocenters. The van der Waals surface area contributed by atoms with Gasteiger partial charge in [0.1, 0.15) is 5.75 Å². The Morgan fingerprint density at radius 2 is 1.61 bits per heavy atom. The molecule has 3 heteroatoms. The van der Waals surface area contributed by atoms with Crippen LogP contribution in [-0.4, -0.2) is 16.3 Å². The van der Waals surface area contributed by atoms with E-state index in [1.165, 1.54) is 0 Å². The molecule has 94 valence electrons. The zero-order chi connectivity index (χ0) is 13.0. The topological polar surface area (TPSA) is 40.5 Å². The summed E-state index contributed by atoms with van der Waals surface area (Å²) in [4.78, 5) is 0. The fraction of sp³-hybridized carbons (Fsp3) is 0.200. The number of rotatable bonds is 4. The van der Waals surface area contributed by atoms with Crippen LogP contribution in [0.15, 0.2) is 53.0 Å². The highest BCUT2D eigenvalue weighted by Crippen LogP contribution is 2.16. The maximum absolute atomic E-state index is 10.0. The molecule has 0 bridgehead atoms. The summed E-state index contributed by atoms with van der Waals surface area (Å²) >= 11 is 3.38. The summed E-state index contributed by atoms with van der Waals surface area (Å²) in [7, 11) is 0. The Bertz CT molecular complexity index is 508. The van der Waals surface area contributed by atoms with Crippen molar-refractivity contribution in [2.45, 2.75) is 18.9 Å². The molecule has 0 saturated heterocycles. The number of phenols is 1. The molecule has 1 atom stereocenters. The van der Waals surface area contributed by atoms with Crippen LogP contribution in [-0.2, 0) is 12.8 Å². The number of benzene rings is 2. The molecule has 0 aliphatic carbocycles. The number of aliphatic hydroxyl groups excluding tert-OH is 1. The zero-order valence-electron chi connectivity index (χ0n) is 9.88. The van der Waals surface area contributed by atoms with Crippen molar-refractivity contribution >= 4 is 15.9 Å². The monoisotopic (exact) mass is 306 g/mol. The van der Waals surface area contributed by atoms with Gasteiger partial charge in [0.2, 0.25) is 0 Å². The van der Waals surface area contributed by atoms with Gasteiger partial charge in [0.25, 0.3) is 0 Å². The average Bonchev–Trinajstić information content (AvgIpc) is 2.32. The minimum absolute atomic E-state index is 0.239. The first-order valence-electron chi connectivity index (χ1n) is 5.84. The largest absolute Gasteiger partial charge is 0.508 e. The summed E-state index contributed by atoms with van der Waals surface area (Å²) in [6.45, 7) is 0. The third-order valence-electron chi connectivity index (χ3n) is 2.77. The second kappa shape index (κ2) is 6.03. The van der Waals surface area contributed by atoms with Crippen molar-refractivity contribution in [3.8, 4) is 5.75 Å². The van der Waals surface area contributed by atoms with E-state index in [-0.39, 0.29) is 5.75 Å². The molecule has 0 aromatic heterocycles. The molecule has 2 nitrogen and oxygen atoms in total. The zero-order valence-corrected chi connectivity index (χ0v) is 11.5. The van der Waals surface area contributed by atoms with Gasteiger partial charge in [0, 0.05) is 4.47 Å². The summed E-state index contributed by atoms with van der Waals surface area (Å²) in [6, 6.07) is 14.9. The minimum Gasteiger partial charge on any atom is -0.508 e. The summed E-state index contributed by atoms with van der Waals surface area (Å²) < 4.78 is 1.04. The number of halogens is 1. The van der Waals surface area contributed by atoms with E-state index in [4.69, 9.17) is 0 Å². The van der Waals surface area contributed by atoms with E-state index in [0.717, 1.165) is 15.6 Å². The maximum Gasteiger partial charge on any atom is 0.115 e. The van der Waals surface area contributed by atoms with Crippen molar-refractivity contribution in [2.75, 3.05) is 0 Å². The molecule has 2 aromatic rings. The first-order valence-corrected chi connectivity index (χ1v) is 6.63. The van der Waals surface area contributed by atoms with Gasteiger partial charge >= 0.3 is 0 Å². The Hall–Kier alpha value is -1.32. The van der Waals surface area contributed by atoms with Crippen LogP contribution in [0.2, 0.25) is 0 Å². The highest BCUT2D eigenvalue weighted by molar-refractivity contribution is 9.10. The molecule has 0 radical (unpaired) electrons. The van der Waals surface area contributed by atoms with Crippen LogP contribution >= 0.6 is 15.9 Å². The molecule has 2 rings (SSSR count). The van der Waals surface area contributed by atoms with Crippen LogP contribution in [0.3, 0.4) is 0 Å². The van der Waals surface area contributed by atoms with Crippen LogP contribution in [0.25, 0.3) is 0 Å². The minimum atomic E-state index is -0.437. The highest BCUT2D eigenvalue weighted by Gasteiger charge is 2.07. The molecular weight excluding hydrogens is 292 g/mol. The van der Waals surface area contributed by atoms with Crippen LogP contribution in [0.4, 0.5) is 0 Å². The lowest BCUT2D eigenvalue weighted by Gasteiger charge is -2.11. The quantitative estimate of drug-likeness (QED) is 0.910. The van der Waals surface area contributed by atoms with Crippen LogP contribution in [0.5, 0.6) is 5.75 Å². The molecular formula is C15H15BrO2. The number of phenolic OH excluding ortho intramolecular Hbond substituents is 1. The molecule has 2 N–H and O–H groups in total. The first kappa shape index (κ1) is 13.1. The Morgan fingerprint density at radius 3 is 2.28 bits per heavy atom. The lowest BCUT2D eigenvalue weighted by Crippen LogP contribution is -2.13. The third kappa shape index (κ3) is 3.86. The summed E-state index contributed by atoms with van der Waals surface area (Å²) in [5.74, 6) is 0.239. The van der Waals surface area contributed by atoms with Crippen molar-refractivity contribution < 1.29 is 10.2 Å². The highest BCUT2D eigenvalue weighted by atomic mass is 79.9. The molecule has 0 amide bonds. The Morgan fingerprint density at radius 1 is 0.944 bits per heavy atom. The lowest BCUT2D eigenvalue weighted by atomic mass is 10.0. The summed E-state index contributed by atoms with van der Waals surface area (Å²) in [6.07, 6.45) is 0.723. The van der Waals surface area contributed by atoms with E-state index < -0.39 is 6.10 Å². The third-order valence-corrected chi connectivity index (χ3v) is 3.30. The van der Waals surface area contributed by atoms with Gasteiger partial charge in [-0.2, -0.15) is 0 Å². The van der Waals surface area contributed by atoms with E-state index in [1.807, 2.05) is 30.3 Å². The van der Waals surface area contributed by atoms with Gasteiger partial charge < -0.3 is 10.2 Å². The molecule has 2 aromatic carbocycles. The SMILES string of the molecule is Oc1cccc(CC(O)Cc2ccc(Br)cc2)c1. The van der Waals surface area contributed by atoms with E-state index in [0.29, 0.717) is 12.8 Å². The Balaban J connectivity index is 1.96. The van der Waals surface area contributed by atoms with Crippen molar-refractivity contribution in [1.29, 1.82) is 0 Å². The standard InChI is InChI=1S/C15H15BrO2/c16-13-6-4-11(5-7-13)8-15(18)10-12-2-1-3-14(17)9-12/h1-7,9,15,17-18H,8,10H2. The van der Waals surface area contributed by atoms with E-state index >= 15 is 0 Å². The van der Waals surface area contributed by atoms with Crippen molar-refractivity contribution in [1.82, 2.24) is 0 Å². The van der Waals surface area contributed by atoms with Gasteiger partial charge in [-0.05, 0) is 48.2 Å². The van der Waals surface area contributed by atoms with E-state index in [1.54, 1.807) is 18.2 Å². The Kier molecular flexibility index (Phi) is 4.39. The molecule has 0 aliphatic heterocycles. The van der Waals surface area contributed by atoms with Crippen LogP contribution in [0.1, 0.15) is 11.1 Å². The molecule has 18 heavy (non-hydrogen) atoms. The van der Waals surface area contributed by atoms with Crippen molar-refractivity contribution in [2.24, 2.45) is 0 Å². The maximum atomic E-state index is 10.0. The van der Waals surface area contributed by atoms with Gasteiger partial charge in [0.05, 0.1) is 6.10 Å². The van der Waals surface area contributed by atoms with Gasteiger partial charge in [0.15, 0.2) is 0 Å². The predicted molar refractivity (Wildman–Crippen MR) is 75.7 cm³/mol. The second-order valence-electron chi connectivity index (χ2n) is 4.36. The molecule has 0 spiro atoms. The summed E-state index contributed by atoms with van der Waals surface area (Å²) in [5.41, 5.74) is 2.05. The van der Waals surface area contributed by atoms with Crippen molar-refractivity contribution in [3.05, 3.63) is 64.1 Å². The molecule has 0 heterocycles. The number of aromatic hydroxyl groups is 1. The van der Waals surface area contributed by atoms with Crippen LogP contribution in [0, 0.1) is 0 Å². The molecule has 0 fully saturated rings. The lowest BCUT2D eigenvalue weighted by molar-refractivity contribution is 0.175. The number of hydrogen-bond acceptors (Lipinski definition) is 2. The van der Waals surface area contributed by atoms with Crippen LogP contribution < -0.4 is 0 Å². The smallest absolute Gasteiger partial charge is 0.115 e. The molecule has 0 aliphatic rings. The van der Waals surface area contributed by atoms with Crippen molar-refractivity contribution in [3.63, 3.8) is 0 Å². The van der Waals surface area contributed by atoms with Gasteiger partial charge in [-0.25, -0.2) is 0 Å².